The first-order chi connectivity index (χ1) is 3.68. The van der Waals surface area contributed by atoms with E-state index >= 15 is 0 Å². The van der Waals surface area contributed by atoms with E-state index in [4.69, 9.17) is 12.2 Å². The largest absolute Gasteiger partial charge is 0.364 e. The number of hydrogen-bond donors (Lipinski definition) is 0. The first-order valence-electron chi connectivity index (χ1n) is 2.52. The molecule has 0 saturated carbocycles. The van der Waals surface area contributed by atoms with Crippen LogP contribution < -0.4 is 0 Å². The van der Waals surface area contributed by atoms with Crippen molar-refractivity contribution in [2.45, 2.75) is 6.92 Å². The van der Waals surface area contributed by atoms with Gasteiger partial charge in [0, 0.05) is 14.1 Å². The molecule has 0 atom stereocenters. The summed E-state index contributed by atoms with van der Waals surface area (Å²) in [5, 5.41) is 0. The van der Waals surface area contributed by atoms with Crippen molar-refractivity contribution < 1.29 is 0 Å². The van der Waals surface area contributed by atoms with Crippen molar-refractivity contribution in [3.8, 4) is 0 Å². The molecule has 0 aliphatic carbocycles. The molecule has 0 N–H and O–H groups in total. The summed E-state index contributed by atoms with van der Waals surface area (Å²) < 4.78 is 0.965. The van der Waals surface area contributed by atoms with Gasteiger partial charge in [0.2, 0.25) is 0 Å². The Labute approximate surface area is 60.4 Å². The molecule has 0 aromatic carbocycles. The van der Waals surface area contributed by atoms with Crippen LogP contribution in [0.4, 0.5) is 0 Å². The molecule has 0 aromatic heterocycles. The molecule has 0 saturated heterocycles. The van der Waals surface area contributed by atoms with Gasteiger partial charge in [0.05, 0.1) is 0 Å². The number of rotatable bonds is 1. The molecule has 8 heavy (non-hydrogen) atoms. The van der Waals surface area contributed by atoms with Gasteiger partial charge in [-0.3, -0.25) is 0 Å². The lowest BCUT2D eigenvalue weighted by atomic mass is 11.0. The van der Waals surface area contributed by atoms with E-state index in [1.54, 1.807) is 11.8 Å². The van der Waals surface area contributed by atoms with Crippen molar-refractivity contribution in [2.75, 3.05) is 19.8 Å². The van der Waals surface area contributed by atoms with E-state index in [2.05, 4.69) is 6.92 Å². The molecule has 0 fully saturated rings. The lowest BCUT2D eigenvalue weighted by molar-refractivity contribution is 0.648. The van der Waals surface area contributed by atoms with E-state index < -0.39 is 0 Å². The first kappa shape index (κ1) is 8.24. The normalized spacial score (nSPS) is 8.88. The van der Waals surface area contributed by atoms with E-state index in [1.165, 1.54) is 0 Å². The highest BCUT2D eigenvalue weighted by atomic mass is 32.2. The second-order valence-corrected chi connectivity index (χ2v) is 3.49. The fourth-order valence-corrected chi connectivity index (χ4v) is 1.11. The molecule has 0 radical (unpaired) electrons. The van der Waals surface area contributed by atoms with Gasteiger partial charge in [-0.1, -0.05) is 30.9 Å². The summed E-state index contributed by atoms with van der Waals surface area (Å²) in [5.74, 6) is 1.07. The van der Waals surface area contributed by atoms with Crippen LogP contribution in [0.25, 0.3) is 0 Å². The first-order valence-corrected chi connectivity index (χ1v) is 3.92. The minimum Gasteiger partial charge on any atom is -0.364 e. The minimum atomic E-state index is 0.965. The Balaban J connectivity index is 3.33. The monoisotopic (exact) mass is 149 g/mol. The maximum absolute atomic E-state index is 4.97. The highest BCUT2D eigenvalue weighted by Crippen LogP contribution is 2.03. The molecule has 0 heterocycles. The average molecular weight is 149 g/mol. The minimum absolute atomic E-state index is 0.965. The molecule has 0 unspecified atom stereocenters. The topological polar surface area (TPSA) is 3.24 Å². The van der Waals surface area contributed by atoms with Crippen LogP contribution in [0, 0.1) is 0 Å². The van der Waals surface area contributed by atoms with Gasteiger partial charge in [0.25, 0.3) is 0 Å². The number of thiocarbonyl (C=S) groups is 1. The third-order valence-corrected chi connectivity index (χ3v) is 2.25. The summed E-state index contributed by atoms with van der Waals surface area (Å²) >= 11 is 6.66. The lowest BCUT2D eigenvalue weighted by Gasteiger charge is -2.10. The maximum Gasteiger partial charge on any atom is 0.135 e. The highest BCUT2D eigenvalue weighted by molar-refractivity contribution is 8.22. The Bertz CT molecular complexity index is 80.5. The van der Waals surface area contributed by atoms with Crippen LogP contribution in [0.5, 0.6) is 0 Å². The van der Waals surface area contributed by atoms with E-state index in [9.17, 15) is 0 Å². The Hall–Kier alpha value is 0.240. The molecule has 1 nitrogen and oxygen atoms in total. The zero-order valence-electron chi connectivity index (χ0n) is 5.47. The van der Waals surface area contributed by atoms with Crippen LogP contribution in [0.2, 0.25) is 0 Å². The zero-order chi connectivity index (χ0) is 6.57. The molecule has 0 rings (SSSR count). The molecule has 0 aromatic rings. The number of thioether (sulfide) groups is 1. The predicted octanol–water partition coefficient (Wildman–Crippen LogP) is 1.59. The SMILES string of the molecule is CCSC(=S)N(C)C. The molecule has 3 heteroatoms. The van der Waals surface area contributed by atoms with Gasteiger partial charge in [-0.15, -0.1) is 0 Å². The van der Waals surface area contributed by atoms with Crippen LogP contribution in [0.15, 0.2) is 0 Å². The molecule has 0 spiro atoms. The molecule has 0 bridgehead atoms. The van der Waals surface area contributed by atoms with Gasteiger partial charge in [0.15, 0.2) is 0 Å². The van der Waals surface area contributed by atoms with Crippen LogP contribution in [-0.2, 0) is 0 Å². The Morgan fingerprint density at radius 1 is 1.62 bits per heavy atom. The van der Waals surface area contributed by atoms with Crippen molar-refractivity contribution >= 4 is 28.3 Å². The third kappa shape index (κ3) is 3.27. The highest BCUT2D eigenvalue weighted by Gasteiger charge is 1.94. The Morgan fingerprint density at radius 3 is 2.25 bits per heavy atom. The van der Waals surface area contributed by atoms with Crippen molar-refractivity contribution in [1.82, 2.24) is 4.90 Å². The summed E-state index contributed by atoms with van der Waals surface area (Å²) in [4.78, 5) is 1.95. The van der Waals surface area contributed by atoms with E-state index in [0.717, 1.165) is 10.1 Å². The van der Waals surface area contributed by atoms with E-state index in [1.807, 2.05) is 19.0 Å². The second-order valence-electron chi connectivity index (χ2n) is 1.59. The zero-order valence-corrected chi connectivity index (χ0v) is 7.10. The van der Waals surface area contributed by atoms with Crippen molar-refractivity contribution in [3.63, 3.8) is 0 Å². The maximum atomic E-state index is 4.97. The van der Waals surface area contributed by atoms with Crippen LogP contribution in [0.3, 0.4) is 0 Å². The molecular formula is C5H11NS2. The molecular weight excluding hydrogens is 138 g/mol. The van der Waals surface area contributed by atoms with Gasteiger partial charge >= 0.3 is 0 Å². The van der Waals surface area contributed by atoms with Crippen molar-refractivity contribution in [2.24, 2.45) is 0 Å². The standard InChI is InChI=1S/C5H11NS2/c1-4-8-5(7)6(2)3/h4H2,1-3H3. The van der Waals surface area contributed by atoms with Crippen LogP contribution >= 0.6 is 24.0 Å². The van der Waals surface area contributed by atoms with Gasteiger partial charge in [-0.2, -0.15) is 0 Å². The second kappa shape index (κ2) is 4.15. The summed E-state index contributed by atoms with van der Waals surface area (Å²) in [6.45, 7) is 2.10. The summed E-state index contributed by atoms with van der Waals surface area (Å²) in [7, 11) is 3.93. The molecule has 0 aliphatic rings. The van der Waals surface area contributed by atoms with Gasteiger partial charge in [-0.25, -0.2) is 0 Å². The molecule has 48 valence electrons. The van der Waals surface area contributed by atoms with Crippen LogP contribution in [-0.4, -0.2) is 29.1 Å². The smallest absolute Gasteiger partial charge is 0.135 e. The summed E-state index contributed by atoms with van der Waals surface area (Å²) in [6, 6.07) is 0. The quantitative estimate of drug-likeness (QED) is 0.521. The number of nitrogens with zero attached hydrogens (tertiary/aromatic N) is 1. The third-order valence-electron chi connectivity index (χ3n) is 0.633. The predicted molar refractivity (Wildman–Crippen MR) is 44.4 cm³/mol. The summed E-state index contributed by atoms with van der Waals surface area (Å²) in [6.07, 6.45) is 0. The van der Waals surface area contributed by atoms with Crippen molar-refractivity contribution in [3.05, 3.63) is 0 Å². The van der Waals surface area contributed by atoms with Gasteiger partial charge in [0.1, 0.15) is 4.32 Å². The van der Waals surface area contributed by atoms with Crippen molar-refractivity contribution in [1.29, 1.82) is 0 Å². The van der Waals surface area contributed by atoms with Gasteiger partial charge in [-0.05, 0) is 5.75 Å². The number of hydrogen-bond acceptors (Lipinski definition) is 2. The Morgan fingerprint density at radius 2 is 2.12 bits per heavy atom. The molecule has 0 aliphatic heterocycles. The fraction of sp³-hybridized carbons (Fsp3) is 0.800. The Kier molecular flexibility index (Phi) is 4.28. The summed E-state index contributed by atoms with van der Waals surface area (Å²) in [5.41, 5.74) is 0. The van der Waals surface area contributed by atoms with E-state index in [-0.39, 0.29) is 0 Å². The fourth-order valence-electron chi connectivity index (χ4n) is 0.253. The average Bonchev–Trinajstić information content (AvgIpc) is 1.67. The van der Waals surface area contributed by atoms with E-state index in [0.29, 0.717) is 0 Å². The van der Waals surface area contributed by atoms with Gasteiger partial charge < -0.3 is 4.90 Å². The van der Waals surface area contributed by atoms with Crippen LogP contribution in [0.1, 0.15) is 6.92 Å². The molecule has 0 amide bonds. The lowest BCUT2D eigenvalue weighted by Crippen LogP contribution is -2.15.